The van der Waals surface area contributed by atoms with Crippen LogP contribution in [0.15, 0.2) is 47.4 Å². The highest BCUT2D eigenvalue weighted by atomic mass is 127. The molecule has 0 aliphatic carbocycles. The van der Waals surface area contributed by atoms with Crippen LogP contribution < -0.4 is 4.90 Å². The van der Waals surface area contributed by atoms with Crippen LogP contribution in [0, 0.1) is 17.4 Å². The number of amides is 1. The SMILES string of the molecule is Cc1ccc(N2C(=O)/C(=C/c3ccc(I)cc3)SC2=S)cc1C. The van der Waals surface area contributed by atoms with Crippen LogP contribution in [0.2, 0.25) is 0 Å². The number of benzene rings is 2. The minimum Gasteiger partial charge on any atom is -0.268 e. The van der Waals surface area contributed by atoms with Crippen LogP contribution in [0.5, 0.6) is 0 Å². The maximum absolute atomic E-state index is 12.7. The zero-order valence-electron chi connectivity index (χ0n) is 12.7. The molecule has 2 aromatic rings. The van der Waals surface area contributed by atoms with E-state index < -0.39 is 0 Å². The van der Waals surface area contributed by atoms with Crippen molar-refractivity contribution in [2.24, 2.45) is 0 Å². The molecule has 0 unspecified atom stereocenters. The minimum absolute atomic E-state index is 0.0539. The zero-order valence-corrected chi connectivity index (χ0v) is 16.5. The Kier molecular flexibility index (Phi) is 4.89. The van der Waals surface area contributed by atoms with Gasteiger partial charge in [-0.3, -0.25) is 9.69 Å². The second-order valence-corrected chi connectivity index (χ2v) is 8.26. The maximum atomic E-state index is 12.7. The quantitative estimate of drug-likeness (QED) is 0.351. The zero-order chi connectivity index (χ0) is 16.6. The van der Waals surface area contributed by atoms with E-state index in [9.17, 15) is 4.79 Å². The molecule has 1 fully saturated rings. The number of hydrogen-bond donors (Lipinski definition) is 0. The van der Waals surface area contributed by atoms with Gasteiger partial charge < -0.3 is 0 Å². The fraction of sp³-hybridized carbons (Fsp3) is 0.111. The lowest BCUT2D eigenvalue weighted by atomic mass is 10.1. The number of anilines is 1. The first-order valence-electron chi connectivity index (χ1n) is 7.06. The summed E-state index contributed by atoms with van der Waals surface area (Å²) in [6, 6.07) is 14.0. The smallest absolute Gasteiger partial charge is 0.268 e. The Hall–Kier alpha value is -1.18. The molecule has 0 spiro atoms. The third-order valence-electron chi connectivity index (χ3n) is 3.71. The van der Waals surface area contributed by atoms with Gasteiger partial charge in [0.2, 0.25) is 0 Å². The van der Waals surface area contributed by atoms with Crippen molar-refractivity contribution >= 4 is 68.6 Å². The van der Waals surface area contributed by atoms with Gasteiger partial charge in [-0.15, -0.1) is 0 Å². The van der Waals surface area contributed by atoms with Crippen molar-refractivity contribution in [2.75, 3.05) is 4.90 Å². The van der Waals surface area contributed by atoms with Crippen molar-refractivity contribution in [3.63, 3.8) is 0 Å². The van der Waals surface area contributed by atoms with Gasteiger partial charge in [-0.05, 0) is 83.5 Å². The van der Waals surface area contributed by atoms with E-state index in [4.69, 9.17) is 12.2 Å². The van der Waals surface area contributed by atoms with Crippen molar-refractivity contribution in [1.29, 1.82) is 0 Å². The average molecular weight is 451 g/mol. The van der Waals surface area contributed by atoms with Gasteiger partial charge in [0, 0.05) is 3.57 Å². The summed E-state index contributed by atoms with van der Waals surface area (Å²) in [4.78, 5) is 15.0. The topological polar surface area (TPSA) is 20.3 Å². The number of nitrogens with zero attached hydrogens (tertiary/aromatic N) is 1. The Morgan fingerprint density at radius 2 is 1.78 bits per heavy atom. The molecule has 0 bridgehead atoms. The van der Waals surface area contributed by atoms with Crippen molar-refractivity contribution in [3.8, 4) is 0 Å². The van der Waals surface area contributed by atoms with Crippen molar-refractivity contribution in [1.82, 2.24) is 0 Å². The van der Waals surface area contributed by atoms with E-state index in [2.05, 4.69) is 29.5 Å². The molecule has 0 saturated carbocycles. The molecule has 0 N–H and O–H groups in total. The lowest BCUT2D eigenvalue weighted by Gasteiger charge is -2.15. The molecule has 0 atom stereocenters. The standard InChI is InChI=1S/C18H14INOS2/c1-11-3-8-15(9-12(11)2)20-17(21)16(23-18(20)22)10-13-4-6-14(19)7-5-13/h3-10H,1-2H3/b16-10-. The summed E-state index contributed by atoms with van der Waals surface area (Å²) in [5, 5.41) is 0. The molecule has 1 heterocycles. The summed E-state index contributed by atoms with van der Waals surface area (Å²) < 4.78 is 1.75. The highest BCUT2D eigenvalue weighted by Gasteiger charge is 2.33. The van der Waals surface area contributed by atoms with Gasteiger partial charge in [0.15, 0.2) is 4.32 Å². The number of rotatable bonds is 2. The van der Waals surface area contributed by atoms with Gasteiger partial charge in [0.05, 0.1) is 10.6 Å². The Morgan fingerprint density at radius 3 is 2.43 bits per heavy atom. The van der Waals surface area contributed by atoms with Crippen LogP contribution in [-0.2, 0) is 4.79 Å². The van der Waals surface area contributed by atoms with E-state index in [1.807, 2.05) is 55.5 Å². The maximum Gasteiger partial charge on any atom is 0.270 e. The number of carbonyl (C=O) groups excluding carboxylic acids is 1. The molecule has 2 aromatic carbocycles. The summed E-state index contributed by atoms with van der Waals surface area (Å²) >= 11 is 9.03. The molecule has 1 aliphatic heterocycles. The largest absolute Gasteiger partial charge is 0.270 e. The fourth-order valence-corrected chi connectivity index (χ4v) is 3.92. The summed E-state index contributed by atoms with van der Waals surface area (Å²) in [5.74, 6) is -0.0539. The molecule has 1 aliphatic rings. The van der Waals surface area contributed by atoms with Crippen LogP contribution in [-0.4, -0.2) is 10.2 Å². The van der Waals surface area contributed by atoms with Gasteiger partial charge >= 0.3 is 0 Å². The van der Waals surface area contributed by atoms with E-state index in [1.165, 1.54) is 20.9 Å². The first-order valence-corrected chi connectivity index (χ1v) is 9.37. The molecule has 23 heavy (non-hydrogen) atoms. The summed E-state index contributed by atoms with van der Waals surface area (Å²) in [7, 11) is 0. The molecule has 1 amide bonds. The van der Waals surface area contributed by atoms with Crippen LogP contribution in [0.3, 0.4) is 0 Å². The fourth-order valence-electron chi connectivity index (χ4n) is 2.27. The minimum atomic E-state index is -0.0539. The van der Waals surface area contributed by atoms with Gasteiger partial charge in [-0.2, -0.15) is 0 Å². The predicted octanol–water partition coefficient (Wildman–Crippen LogP) is 5.31. The van der Waals surface area contributed by atoms with Crippen LogP contribution >= 0.6 is 46.6 Å². The van der Waals surface area contributed by atoms with Crippen LogP contribution in [0.25, 0.3) is 6.08 Å². The third-order valence-corrected chi connectivity index (χ3v) is 5.73. The molecular formula is C18H14INOS2. The number of halogens is 1. The summed E-state index contributed by atoms with van der Waals surface area (Å²) in [6.45, 7) is 4.10. The van der Waals surface area contributed by atoms with E-state index in [0.29, 0.717) is 9.23 Å². The first-order chi connectivity index (χ1) is 11.0. The van der Waals surface area contributed by atoms with Crippen molar-refractivity contribution in [2.45, 2.75) is 13.8 Å². The number of thiocarbonyl (C=S) groups is 1. The second-order valence-electron chi connectivity index (χ2n) is 5.34. The predicted molar refractivity (Wildman–Crippen MR) is 111 cm³/mol. The summed E-state index contributed by atoms with van der Waals surface area (Å²) in [5.41, 5.74) is 4.19. The Bertz CT molecular complexity index is 827. The Morgan fingerprint density at radius 1 is 1.09 bits per heavy atom. The van der Waals surface area contributed by atoms with Crippen LogP contribution in [0.4, 0.5) is 5.69 Å². The molecule has 0 radical (unpaired) electrons. The monoisotopic (exact) mass is 451 g/mol. The van der Waals surface area contributed by atoms with E-state index in [0.717, 1.165) is 16.8 Å². The second kappa shape index (κ2) is 6.75. The lowest BCUT2D eigenvalue weighted by molar-refractivity contribution is -0.113. The lowest BCUT2D eigenvalue weighted by Crippen LogP contribution is -2.27. The van der Waals surface area contributed by atoms with Crippen LogP contribution in [0.1, 0.15) is 16.7 Å². The van der Waals surface area contributed by atoms with Gasteiger partial charge in [0.25, 0.3) is 5.91 Å². The first kappa shape index (κ1) is 16.7. The number of aryl methyl sites for hydroxylation is 2. The normalized spacial score (nSPS) is 16.5. The van der Waals surface area contributed by atoms with E-state index in [1.54, 1.807) is 4.90 Å². The third kappa shape index (κ3) is 3.51. The molecule has 5 heteroatoms. The van der Waals surface area contributed by atoms with Gasteiger partial charge in [-0.1, -0.05) is 42.2 Å². The Balaban J connectivity index is 1.93. The highest BCUT2D eigenvalue weighted by Crippen LogP contribution is 2.36. The average Bonchev–Trinajstić information content (AvgIpc) is 2.79. The van der Waals surface area contributed by atoms with Crippen molar-refractivity contribution < 1.29 is 4.79 Å². The van der Waals surface area contributed by atoms with E-state index >= 15 is 0 Å². The molecular weight excluding hydrogens is 437 g/mol. The molecule has 2 nitrogen and oxygen atoms in total. The highest BCUT2D eigenvalue weighted by molar-refractivity contribution is 14.1. The molecule has 0 aromatic heterocycles. The Labute approximate surface area is 159 Å². The molecule has 1 saturated heterocycles. The number of hydrogen-bond acceptors (Lipinski definition) is 3. The van der Waals surface area contributed by atoms with Gasteiger partial charge in [0.1, 0.15) is 0 Å². The molecule has 116 valence electrons. The number of carbonyl (C=O) groups is 1. The number of thioether (sulfide) groups is 1. The summed E-state index contributed by atoms with van der Waals surface area (Å²) in [6.07, 6.45) is 1.90. The van der Waals surface area contributed by atoms with Crippen molar-refractivity contribution in [3.05, 3.63) is 67.6 Å². The molecule has 3 rings (SSSR count). The van der Waals surface area contributed by atoms with E-state index in [-0.39, 0.29) is 5.91 Å². The van der Waals surface area contributed by atoms with Gasteiger partial charge in [-0.25, -0.2) is 0 Å².